The average molecular weight is 373 g/mol. The Hall–Kier alpha value is -2.60. The van der Waals surface area contributed by atoms with Crippen molar-refractivity contribution >= 4 is 38.7 Å². The molecule has 0 aliphatic rings. The summed E-state index contributed by atoms with van der Waals surface area (Å²) in [5, 5.41) is 0.846. The third-order valence-corrected chi connectivity index (χ3v) is 3.92. The molecule has 2 amide bonds. The zero-order valence-electron chi connectivity index (χ0n) is 12.2. The number of hydrogen-bond donors (Lipinski definition) is 2. The number of benzene rings is 2. The Kier molecular flexibility index (Phi) is 4.16. The van der Waals surface area contributed by atoms with E-state index in [0.717, 1.165) is 9.86 Å². The van der Waals surface area contributed by atoms with Crippen LogP contribution in [-0.2, 0) is 0 Å². The normalized spacial score (nSPS) is 10.5. The first-order chi connectivity index (χ1) is 11.1. The van der Waals surface area contributed by atoms with E-state index in [1.165, 1.54) is 0 Å². The molecule has 0 bridgehead atoms. The van der Waals surface area contributed by atoms with Crippen LogP contribution in [-0.4, -0.2) is 11.8 Å². The number of fused-ring (bicyclic) bond motifs is 1. The van der Waals surface area contributed by atoms with Gasteiger partial charge in [-0.2, -0.15) is 0 Å². The molecule has 2 N–H and O–H groups in total. The molecule has 0 unspecified atom stereocenters. The maximum atomic E-state index is 12.2. The number of nitrogens with one attached hydrogen (secondary N) is 2. The first-order valence-electron chi connectivity index (χ1n) is 6.90. The summed E-state index contributed by atoms with van der Waals surface area (Å²) in [6, 6.07) is 14.1. The molecule has 0 spiro atoms. The van der Waals surface area contributed by atoms with Gasteiger partial charge in [0.05, 0.1) is 0 Å². The summed E-state index contributed by atoms with van der Waals surface area (Å²) < 4.78 is 6.47. The number of halogens is 1. The molecular weight excluding hydrogens is 360 g/mol. The molecule has 0 atom stereocenters. The fourth-order valence-corrected chi connectivity index (χ4v) is 2.60. The van der Waals surface area contributed by atoms with Crippen molar-refractivity contribution in [3.8, 4) is 0 Å². The van der Waals surface area contributed by atoms with Crippen molar-refractivity contribution in [2.45, 2.75) is 6.92 Å². The monoisotopic (exact) mass is 372 g/mol. The Bertz CT molecular complexity index is 887. The molecule has 0 saturated heterocycles. The first-order valence-corrected chi connectivity index (χ1v) is 7.70. The summed E-state index contributed by atoms with van der Waals surface area (Å²) in [4.78, 5) is 24.1. The minimum absolute atomic E-state index is 0.173. The summed E-state index contributed by atoms with van der Waals surface area (Å²) in [5.74, 6) is -0.721. The van der Waals surface area contributed by atoms with Crippen LogP contribution in [0.1, 0.15) is 26.5 Å². The van der Waals surface area contributed by atoms with Gasteiger partial charge in [-0.15, -0.1) is 0 Å². The topological polar surface area (TPSA) is 71.3 Å². The van der Waals surface area contributed by atoms with Gasteiger partial charge in [0, 0.05) is 21.0 Å². The van der Waals surface area contributed by atoms with Crippen molar-refractivity contribution in [2.75, 3.05) is 0 Å². The lowest BCUT2D eigenvalue weighted by atomic mass is 10.1. The van der Waals surface area contributed by atoms with Gasteiger partial charge in [-0.25, -0.2) is 0 Å². The van der Waals surface area contributed by atoms with Crippen LogP contribution in [0, 0.1) is 6.92 Å². The van der Waals surface area contributed by atoms with Crippen LogP contribution in [0.5, 0.6) is 0 Å². The van der Waals surface area contributed by atoms with E-state index in [1.807, 2.05) is 18.2 Å². The molecule has 3 rings (SSSR count). The van der Waals surface area contributed by atoms with Crippen LogP contribution in [0.25, 0.3) is 11.0 Å². The molecule has 0 aliphatic carbocycles. The zero-order valence-corrected chi connectivity index (χ0v) is 13.8. The molecule has 6 heteroatoms. The number of hydrogen-bond acceptors (Lipinski definition) is 3. The third kappa shape index (κ3) is 3.12. The Morgan fingerprint density at radius 1 is 1.00 bits per heavy atom. The second kappa shape index (κ2) is 6.26. The first kappa shape index (κ1) is 15.3. The predicted molar refractivity (Wildman–Crippen MR) is 90.0 cm³/mol. The van der Waals surface area contributed by atoms with E-state index in [2.05, 4.69) is 26.8 Å². The number of rotatable bonds is 2. The Morgan fingerprint density at radius 3 is 2.43 bits per heavy atom. The van der Waals surface area contributed by atoms with E-state index >= 15 is 0 Å². The highest BCUT2D eigenvalue weighted by Crippen LogP contribution is 2.27. The molecule has 0 saturated carbocycles. The molecule has 0 aliphatic heterocycles. The predicted octanol–water partition coefficient (Wildman–Crippen LogP) is 3.58. The molecule has 5 nitrogen and oxygen atoms in total. The highest BCUT2D eigenvalue weighted by molar-refractivity contribution is 9.10. The van der Waals surface area contributed by atoms with Crippen molar-refractivity contribution in [3.05, 3.63) is 69.9 Å². The minimum Gasteiger partial charge on any atom is -0.451 e. The minimum atomic E-state index is -0.501. The summed E-state index contributed by atoms with van der Waals surface area (Å²) >= 11 is 3.39. The molecule has 116 valence electrons. The third-order valence-electron chi connectivity index (χ3n) is 3.43. The average Bonchev–Trinajstić information content (AvgIpc) is 2.90. The van der Waals surface area contributed by atoms with E-state index in [0.29, 0.717) is 16.7 Å². The summed E-state index contributed by atoms with van der Waals surface area (Å²) in [6.07, 6.45) is 0. The summed E-state index contributed by atoms with van der Waals surface area (Å²) in [6.45, 7) is 1.80. The molecule has 0 fully saturated rings. The lowest BCUT2D eigenvalue weighted by molar-refractivity contribution is 0.0831. The Labute approximate surface area is 140 Å². The van der Waals surface area contributed by atoms with Gasteiger partial charge in [-0.3, -0.25) is 20.4 Å². The quantitative estimate of drug-likeness (QED) is 0.675. The fourth-order valence-electron chi connectivity index (χ4n) is 2.24. The van der Waals surface area contributed by atoms with E-state index < -0.39 is 11.8 Å². The van der Waals surface area contributed by atoms with E-state index in [1.54, 1.807) is 37.3 Å². The molecule has 2 aromatic carbocycles. The van der Waals surface area contributed by atoms with E-state index in [4.69, 9.17) is 4.42 Å². The zero-order chi connectivity index (χ0) is 16.4. The Morgan fingerprint density at radius 2 is 1.70 bits per heavy atom. The molecule has 1 heterocycles. The van der Waals surface area contributed by atoms with Crippen LogP contribution < -0.4 is 10.9 Å². The molecular formula is C17H13BrN2O3. The van der Waals surface area contributed by atoms with Crippen molar-refractivity contribution in [1.82, 2.24) is 10.9 Å². The number of amides is 2. The molecule has 23 heavy (non-hydrogen) atoms. The molecule has 1 aromatic heterocycles. The van der Waals surface area contributed by atoms with Gasteiger partial charge in [0.25, 0.3) is 5.91 Å². The van der Waals surface area contributed by atoms with Gasteiger partial charge in [0.15, 0.2) is 5.76 Å². The van der Waals surface area contributed by atoms with E-state index in [9.17, 15) is 9.59 Å². The second-order valence-corrected chi connectivity index (χ2v) is 5.89. The van der Waals surface area contributed by atoms with Gasteiger partial charge in [-0.05, 0) is 37.3 Å². The van der Waals surface area contributed by atoms with Gasteiger partial charge in [0.2, 0.25) is 0 Å². The van der Waals surface area contributed by atoms with Crippen LogP contribution in [0.2, 0.25) is 0 Å². The maximum absolute atomic E-state index is 12.2. The lowest BCUT2D eigenvalue weighted by Gasteiger charge is -2.06. The Balaban J connectivity index is 1.76. The maximum Gasteiger partial charge on any atom is 0.305 e. The lowest BCUT2D eigenvalue weighted by Crippen LogP contribution is -2.41. The van der Waals surface area contributed by atoms with Crippen LogP contribution in [0.3, 0.4) is 0 Å². The van der Waals surface area contributed by atoms with E-state index in [-0.39, 0.29) is 5.76 Å². The van der Waals surface area contributed by atoms with Crippen molar-refractivity contribution in [3.63, 3.8) is 0 Å². The smallest absolute Gasteiger partial charge is 0.305 e. The second-order valence-electron chi connectivity index (χ2n) is 4.97. The number of carbonyl (C=O) groups is 2. The highest BCUT2D eigenvalue weighted by Gasteiger charge is 2.18. The van der Waals surface area contributed by atoms with Crippen LogP contribution in [0.15, 0.2) is 57.4 Å². The fraction of sp³-hybridized carbons (Fsp3) is 0.0588. The van der Waals surface area contributed by atoms with Gasteiger partial charge < -0.3 is 4.42 Å². The largest absolute Gasteiger partial charge is 0.451 e. The number of aryl methyl sites for hydroxylation is 1. The summed E-state index contributed by atoms with van der Waals surface area (Å²) in [5.41, 5.74) is 6.53. The number of hydrazine groups is 1. The standard InChI is InChI=1S/C17H13BrN2O3/c1-10-13-9-12(18)7-8-14(13)23-15(10)17(22)20-19-16(21)11-5-3-2-4-6-11/h2-9H,1H3,(H,19,21)(H,20,22). The number of furan rings is 1. The van der Waals surface area contributed by atoms with Crippen molar-refractivity contribution < 1.29 is 14.0 Å². The summed E-state index contributed by atoms with van der Waals surface area (Å²) in [7, 11) is 0. The molecule has 3 aromatic rings. The molecule has 0 radical (unpaired) electrons. The number of carbonyl (C=O) groups excluding carboxylic acids is 2. The van der Waals surface area contributed by atoms with Crippen LogP contribution in [0.4, 0.5) is 0 Å². The van der Waals surface area contributed by atoms with Gasteiger partial charge >= 0.3 is 5.91 Å². The highest BCUT2D eigenvalue weighted by atomic mass is 79.9. The van der Waals surface area contributed by atoms with Crippen molar-refractivity contribution in [1.29, 1.82) is 0 Å². The SMILES string of the molecule is Cc1c(C(=O)NNC(=O)c2ccccc2)oc2ccc(Br)cc12. The van der Waals surface area contributed by atoms with Crippen molar-refractivity contribution in [2.24, 2.45) is 0 Å². The van der Waals surface area contributed by atoms with Crippen LogP contribution >= 0.6 is 15.9 Å². The van der Waals surface area contributed by atoms with Gasteiger partial charge in [-0.1, -0.05) is 34.1 Å². The van der Waals surface area contributed by atoms with Gasteiger partial charge in [0.1, 0.15) is 5.58 Å².